The Hall–Kier alpha value is -5.63. The summed E-state index contributed by atoms with van der Waals surface area (Å²) in [6, 6.07) is 14.1. The molecule has 0 saturated carbocycles. The Morgan fingerprint density at radius 1 is 0.712 bits per heavy atom. The molecule has 4 rings (SSSR count). The van der Waals surface area contributed by atoms with E-state index in [1.165, 1.54) is 4.90 Å². The molecule has 2 aromatic carbocycles. The van der Waals surface area contributed by atoms with Crippen molar-refractivity contribution in [1.82, 2.24) is 29.8 Å². The van der Waals surface area contributed by atoms with E-state index in [-0.39, 0.29) is 103 Å². The molecular formula is C40H55N7O12. The van der Waals surface area contributed by atoms with Crippen LogP contribution >= 0.6 is 0 Å². The van der Waals surface area contributed by atoms with Gasteiger partial charge in [0.2, 0.25) is 11.8 Å². The van der Waals surface area contributed by atoms with E-state index in [1.807, 2.05) is 17.0 Å². The van der Waals surface area contributed by atoms with Crippen LogP contribution in [0, 0.1) is 0 Å². The van der Waals surface area contributed by atoms with E-state index < -0.39 is 23.9 Å². The van der Waals surface area contributed by atoms with Crippen LogP contribution in [0.3, 0.4) is 0 Å². The van der Waals surface area contributed by atoms with Crippen LogP contribution in [0.2, 0.25) is 0 Å². The molecule has 2 aliphatic heterocycles. The minimum absolute atomic E-state index is 0.0130. The van der Waals surface area contributed by atoms with Crippen molar-refractivity contribution in [3.63, 3.8) is 0 Å². The maximum absolute atomic E-state index is 13.4. The Morgan fingerprint density at radius 2 is 1.24 bits per heavy atom. The number of esters is 1. The number of carbonyl (C=O) groups excluding carboxylic acids is 4. The van der Waals surface area contributed by atoms with E-state index >= 15 is 0 Å². The number of carboxylic acids is 3. The second-order valence-electron chi connectivity index (χ2n) is 14.3. The van der Waals surface area contributed by atoms with Crippen LogP contribution in [0.4, 0.5) is 5.69 Å². The Morgan fingerprint density at radius 3 is 1.76 bits per heavy atom. The molecule has 3 amide bonds. The lowest BCUT2D eigenvalue weighted by Crippen LogP contribution is -2.49. The first-order valence-corrected chi connectivity index (χ1v) is 19.7. The van der Waals surface area contributed by atoms with Crippen molar-refractivity contribution in [1.29, 1.82) is 0 Å². The van der Waals surface area contributed by atoms with Gasteiger partial charge in [0.05, 0.1) is 63.6 Å². The zero-order valence-electron chi connectivity index (χ0n) is 33.5. The highest BCUT2D eigenvalue weighted by molar-refractivity contribution is 6.09. The fourth-order valence-electron chi connectivity index (χ4n) is 6.74. The molecule has 0 radical (unpaired) electrons. The number of para-hydroxylation sites is 1. The van der Waals surface area contributed by atoms with Gasteiger partial charge in [-0.15, -0.1) is 0 Å². The number of nitrogens with zero attached hydrogens (tertiary/aromatic N) is 6. The second-order valence-corrected chi connectivity index (χ2v) is 14.3. The standard InChI is InChI=1S/C40H55N7O12/c1-2-58-39(56)12-14-46-26-35(49)47(33-7-4-3-6-32(33)40(46)57)24-30-8-10-31(11-9-30)59-23-5-13-41-34(48)25-42-15-17-43(27-36(50)51)19-21-45(29-38(54)55)22-20-44(18-16-42)28-37(52)53/h3-4,6-11H,2,5,12-29H2,1H3,(H,41,48)(H,50,51)(H,52,53)(H,54,55). The molecule has 0 aromatic heterocycles. The molecule has 1 fully saturated rings. The summed E-state index contributed by atoms with van der Waals surface area (Å²) in [4.78, 5) is 96.1. The van der Waals surface area contributed by atoms with E-state index in [0.29, 0.717) is 62.8 Å². The van der Waals surface area contributed by atoms with Gasteiger partial charge in [-0.1, -0.05) is 24.3 Å². The summed E-state index contributed by atoms with van der Waals surface area (Å²) < 4.78 is 10.9. The summed E-state index contributed by atoms with van der Waals surface area (Å²) in [6.45, 7) is 4.35. The molecule has 322 valence electrons. The van der Waals surface area contributed by atoms with Crippen LogP contribution in [0.5, 0.6) is 5.75 Å². The highest BCUT2D eigenvalue weighted by Crippen LogP contribution is 2.28. The van der Waals surface area contributed by atoms with Crippen LogP contribution in [0.1, 0.15) is 35.7 Å². The van der Waals surface area contributed by atoms with Gasteiger partial charge in [0.25, 0.3) is 5.91 Å². The van der Waals surface area contributed by atoms with Crippen LogP contribution in [0.15, 0.2) is 48.5 Å². The number of benzene rings is 2. The summed E-state index contributed by atoms with van der Waals surface area (Å²) in [7, 11) is 0. The lowest BCUT2D eigenvalue weighted by Gasteiger charge is -2.32. The third kappa shape index (κ3) is 15.9. The molecule has 4 N–H and O–H groups in total. The average molecular weight is 826 g/mol. The highest BCUT2D eigenvalue weighted by atomic mass is 16.5. The summed E-state index contributed by atoms with van der Waals surface area (Å²) in [5, 5.41) is 31.1. The van der Waals surface area contributed by atoms with Gasteiger partial charge in [0.15, 0.2) is 0 Å². The maximum Gasteiger partial charge on any atom is 0.317 e. The number of hydrogen-bond acceptors (Lipinski definition) is 13. The highest BCUT2D eigenvalue weighted by Gasteiger charge is 2.32. The lowest BCUT2D eigenvalue weighted by molar-refractivity contribution is -0.143. The third-order valence-electron chi connectivity index (χ3n) is 9.78. The van der Waals surface area contributed by atoms with Crippen LogP contribution < -0.4 is 15.0 Å². The molecule has 0 aliphatic carbocycles. The lowest BCUT2D eigenvalue weighted by atomic mass is 10.1. The predicted molar refractivity (Wildman–Crippen MR) is 213 cm³/mol. The number of carbonyl (C=O) groups is 7. The van der Waals surface area contributed by atoms with Gasteiger partial charge in [-0.25, -0.2) is 0 Å². The summed E-state index contributed by atoms with van der Waals surface area (Å²) in [5.41, 5.74) is 1.65. The van der Waals surface area contributed by atoms with Gasteiger partial charge in [0.1, 0.15) is 12.3 Å². The van der Waals surface area contributed by atoms with Crippen molar-refractivity contribution in [3.05, 3.63) is 59.7 Å². The van der Waals surface area contributed by atoms with Gasteiger partial charge in [-0.3, -0.25) is 53.2 Å². The summed E-state index contributed by atoms with van der Waals surface area (Å²) in [5.74, 6) is -3.81. The predicted octanol–water partition coefficient (Wildman–Crippen LogP) is -0.0107. The number of ether oxygens (including phenoxy) is 2. The number of amides is 3. The van der Waals surface area contributed by atoms with Gasteiger partial charge in [0, 0.05) is 65.4 Å². The van der Waals surface area contributed by atoms with E-state index in [2.05, 4.69) is 5.32 Å². The Bertz CT molecular complexity index is 1730. The largest absolute Gasteiger partial charge is 0.494 e. The summed E-state index contributed by atoms with van der Waals surface area (Å²) in [6.07, 6.45) is 0.480. The first-order chi connectivity index (χ1) is 28.3. The number of aliphatic carboxylic acids is 3. The molecule has 1 saturated heterocycles. The van der Waals surface area contributed by atoms with Gasteiger partial charge < -0.3 is 39.9 Å². The van der Waals surface area contributed by atoms with E-state index in [4.69, 9.17) is 9.47 Å². The quantitative estimate of drug-likeness (QED) is 0.108. The molecule has 0 bridgehead atoms. The number of anilines is 1. The van der Waals surface area contributed by atoms with Gasteiger partial charge >= 0.3 is 23.9 Å². The average Bonchev–Trinajstić information content (AvgIpc) is 3.28. The molecule has 19 nitrogen and oxygen atoms in total. The smallest absolute Gasteiger partial charge is 0.317 e. The van der Waals surface area contributed by atoms with E-state index in [0.717, 1.165) is 5.56 Å². The topological polar surface area (TPSA) is 230 Å². The van der Waals surface area contributed by atoms with Gasteiger partial charge in [-0.2, -0.15) is 0 Å². The van der Waals surface area contributed by atoms with Crippen LogP contribution in [-0.2, 0) is 40.0 Å². The number of fused-ring (bicyclic) bond motifs is 1. The van der Waals surface area contributed by atoms with Crippen molar-refractivity contribution in [2.45, 2.75) is 26.3 Å². The number of rotatable bonds is 19. The van der Waals surface area contributed by atoms with Crippen molar-refractivity contribution in [2.24, 2.45) is 0 Å². The molecule has 0 unspecified atom stereocenters. The molecule has 2 heterocycles. The van der Waals surface area contributed by atoms with Crippen LogP contribution in [0.25, 0.3) is 0 Å². The number of carboxylic acid groups (broad SMARTS) is 3. The third-order valence-corrected chi connectivity index (χ3v) is 9.78. The molecule has 0 atom stereocenters. The van der Waals surface area contributed by atoms with Crippen molar-refractivity contribution < 1.29 is 58.4 Å². The fraction of sp³-hybridized carbons (Fsp3) is 0.525. The fourth-order valence-corrected chi connectivity index (χ4v) is 6.74. The number of nitrogens with one attached hydrogen (secondary N) is 1. The molecule has 59 heavy (non-hydrogen) atoms. The Kier molecular flexibility index (Phi) is 18.5. The monoisotopic (exact) mass is 825 g/mol. The van der Waals surface area contributed by atoms with E-state index in [1.54, 1.807) is 62.9 Å². The van der Waals surface area contributed by atoms with Crippen molar-refractivity contribution in [2.75, 3.05) is 116 Å². The van der Waals surface area contributed by atoms with Crippen molar-refractivity contribution in [3.8, 4) is 5.75 Å². The minimum atomic E-state index is -1.03. The normalized spacial score (nSPS) is 16.6. The zero-order chi connectivity index (χ0) is 42.7. The first kappa shape index (κ1) is 46.1. The van der Waals surface area contributed by atoms with Gasteiger partial charge in [-0.05, 0) is 43.2 Å². The SMILES string of the molecule is CCOC(=O)CCN1CC(=O)N(Cc2ccc(OCCCNC(=O)CN3CCN(CC(=O)O)CCN(CC(=O)O)CCN(CC(=O)O)CC3)cc2)c2ccccc2C1=O. The number of hydrogen-bond donors (Lipinski definition) is 4. The minimum Gasteiger partial charge on any atom is -0.494 e. The molecule has 2 aromatic rings. The Balaban J connectivity index is 1.26. The second kappa shape index (κ2) is 23.7. The first-order valence-electron chi connectivity index (χ1n) is 19.7. The molecule has 2 aliphatic rings. The maximum atomic E-state index is 13.4. The van der Waals surface area contributed by atoms with Crippen LogP contribution in [-0.4, -0.2) is 193 Å². The van der Waals surface area contributed by atoms with E-state index in [9.17, 15) is 48.9 Å². The molecular weight excluding hydrogens is 770 g/mol. The molecule has 19 heteroatoms. The zero-order valence-corrected chi connectivity index (χ0v) is 33.5. The Labute approximate surface area is 343 Å². The summed E-state index contributed by atoms with van der Waals surface area (Å²) >= 11 is 0. The van der Waals surface area contributed by atoms with Crippen molar-refractivity contribution >= 4 is 47.3 Å². The molecule has 0 spiro atoms.